The summed E-state index contributed by atoms with van der Waals surface area (Å²) in [7, 11) is -3.85. The van der Waals surface area contributed by atoms with E-state index in [1.807, 2.05) is 50.2 Å². The maximum atomic E-state index is 14.3. The number of rotatable bonds is 11. The highest BCUT2D eigenvalue weighted by atomic mass is 35.5. The lowest BCUT2D eigenvalue weighted by molar-refractivity contribution is -0.140. The fraction of sp³-hybridized carbons (Fsp3) is 0.394. The Hall–Kier alpha value is -3.07. The van der Waals surface area contributed by atoms with Crippen LogP contribution in [0.2, 0.25) is 10.0 Å². The van der Waals surface area contributed by atoms with Crippen molar-refractivity contribution >= 4 is 50.7 Å². The van der Waals surface area contributed by atoms with Crippen LogP contribution in [0.5, 0.6) is 0 Å². The van der Waals surface area contributed by atoms with E-state index < -0.39 is 28.5 Å². The van der Waals surface area contributed by atoms with Crippen LogP contribution in [0.3, 0.4) is 0 Å². The fourth-order valence-electron chi connectivity index (χ4n) is 5.64. The Kier molecular flexibility index (Phi) is 11.2. The summed E-state index contributed by atoms with van der Waals surface area (Å²) in [6.45, 7) is 3.32. The number of anilines is 1. The summed E-state index contributed by atoms with van der Waals surface area (Å²) >= 11 is 12.5. The van der Waals surface area contributed by atoms with Crippen LogP contribution >= 0.6 is 23.2 Å². The van der Waals surface area contributed by atoms with Gasteiger partial charge in [0, 0.05) is 19.0 Å². The molecule has 10 heteroatoms. The van der Waals surface area contributed by atoms with Gasteiger partial charge < -0.3 is 10.2 Å². The largest absolute Gasteiger partial charge is 0.352 e. The molecule has 0 spiro atoms. The first-order chi connectivity index (χ1) is 20.4. The molecule has 1 aliphatic rings. The second-order valence-electron chi connectivity index (χ2n) is 11.4. The molecule has 230 valence electrons. The smallest absolute Gasteiger partial charge is 0.244 e. The van der Waals surface area contributed by atoms with E-state index in [2.05, 4.69) is 5.32 Å². The normalized spacial score (nSPS) is 14.6. The second-order valence-corrected chi connectivity index (χ2v) is 14.2. The van der Waals surface area contributed by atoms with Gasteiger partial charge in [0.25, 0.3) is 0 Å². The molecule has 0 aliphatic heterocycles. The first kappa shape index (κ1) is 32.8. The SMILES string of the molecule is Cc1cc(C)cc(N(CC(=O)N(Cc2ccc(Cl)c(Cl)c2)[C@H](Cc2ccccc2)C(=O)NC2CCCCC2)S(C)(=O)=O)c1. The van der Waals surface area contributed by atoms with E-state index >= 15 is 0 Å². The van der Waals surface area contributed by atoms with E-state index in [9.17, 15) is 18.0 Å². The summed E-state index contributed by atoms with van der Waals surface area (Å²) in [6, 6.07) is 19.1. The third kappa shape index (κ3) is 9.21. The number of hydrogen-bond acceptors (Lipinski definition) is 4. The van der Waals surface area contributed by atoms with Crippen LogP contribution in [-0.4, -0.2) is 50.0 Å². The number of benzene rings is 3. The quantitative estimate of drug-likeness (QED) is 0.260. The maximum Gasteiger partial charge on any atom is 0.244 e. The summed E-state index contributed by atoms with van der Waals surface area (Å²) in [5, 5.41) is 3.90. The molecule has 0 bridgehead atoms. The molecule has 0 radical (unpaired) electrons. The number of nitrogens with one attached hydrogen (secondary N) is 1. The van der Waals surface area contributed by atoms with Crippen molar-refractivity contribution < 1.29 is 18.0 Å². The number of sulfonamides is 1. The Balaban J connectivity index is 1.75. The summed E-state index contributed by atoms with van der Waals surface area (Å²) in [4.78, 5) is 29.8. The van der Waals surface area contributed by atoms with Gasteiger partial charge in [-0.15, -0.1) is 0 Å². The van der Waals surface area contributed by atoms with Crippen molar-refractivity contribution in [2.75, 3.05) is 17.1 Å². The van der Waals surface area contributed by atoms with Gasteiger partial charge in [-0.1, -0.05) is 84.9 Å². The number of carbonyl (C=O) groups is 2. The molecule has 2 amide bonds. The number of halogens is 2. The number of aryl methyl sites for hydroxylation is 2. The molecule has 0 heterocycles. The number of carbonyl (C=O) groups excluding carboxylic acids is 2. The average molecular weight is 645 g/mol. The van der Waals surface area contributed by atoms with Crippen LogP contribution in [0.4, 0.5) is 5.69 Å². The summed E-state index contributed by atoms with van der Waals surface area (Å²) in [6.07, 6.45) is 6.34. The van der Waals surface area contributed by atoms with Crippen LogP contribution in [0.25, 0.3) is 0 Å². The molecule has 0 saturated heterocycles. The zero-order chi connectivity index (χ0) is 31.1. The topological polar surface area (TPSA) is 86.8 Å². The van der Waals surface area contributed by atoms with E-state index in [-0.39, 0.29) is 24.9 Å². The van der Waals surface area contributed by atoms with Crippen LogP contribution in [0.1, 0.15) is 54.4 Å². The van der Waals surface area contributed by atoms with Gasteiger partial charge in [-0.2, -0.15) is 0 Å². The van der Waals surface area contributed by atoms with E-state index in [0.717, 1.165) is 59.4 Å². The summed E-state index contributed by atoms with van der Waals surface area (Å²) in [5.74, 6) is -0.767. The minimum atomic E-state index is -3.85. The molecule has 1 aliphatic carbocycles. The zero-order valence-corrected chi connectivity index (χ0v) is 27.2. The van der Waals surface area contributed by atoms with Crippen molar-refractivity contribution in [2.45, 2.75) is 71.0 Å². The number of amides is 2. The third-order valence-corrected chi connectivity index (χ3v) is 9.61. The van der Waals surface area contributed by atoms with E-state index in [1.54, 1.807) is 30.3 Å². The molecule has 3 aromatic carbocycles. The molecule has 1 saturated carbocycles. The average Bonchev–Trinajstić information content (AvgIpc) is 2.95. The Labute approximate surface area is 265 Å². The molecule has 3 aromatic rings. The molecular weight excluding hydrogens is 605 g/mol. The first-order valence-corrected chi connectivity index (χ1v) is 17.1. The summed E-state index contributed by atoms with van der Waals surface area (Å²) in [5.41, 5.74) is 3.69. The van der Waals surface area contributed by atoms with E-state index in [1.165, 1.54) is 4.90 Å². The van der Waals surface area contributed by atoms with Crippen molar-refractivity contribution in [1.82, 2.24) is 10.2 Å². The Morgan fingerprint density at radius 3 is 2.14 bits per heavy atom. The van der Waals surface area contributed by atoms with Gasteiger partial charge in [0.2, 0.25) is 21.8 Å². The molecular formula is C33H39Cl2N3O4S. The van der Waals surface area contributed by atoms with Gasteiger partial charge >= 0.3 is 0 Å². The Bertz CT molecular complexity index is 1520. The van der Waals surface area contributed by atoms with Crippen molar-refractivity contribution in [3.8, 4) is 0 Å². The summed E-state index contributed by atoms with van der Waals surface area (Å²) < 4.78 is 27.2. The fourth-order valence-corrected chi connectivity index (χ4v) is 6.80. The predicted octanol–water partition coefficient (Wildman–Crippen LogP) is 6.47. The van der Waals surface area contributed by atoms with Gasteiger partial charge in [0.05, 0.1) is 22.0 Å². The van der Waals surface area contributed by atoms with Crippen molar-refractivity contribution in [3.63, 3.8) is 0 Å². The molecule has 1 N–H and O–H groups in total. The lowest BCUT2D eigenvalue weighted by Crippen LogP contribution is -2.55. The lowest BCUT2D eigenvalue weighted by atomic mass is 9.94. The molecule has 1 fully saturated rings. The minimum Gasteiger partial charge on any atom is -0.352 e. The van der Waals surface area contributed by atoms with Crippen molar-refractivity contribution in [2.24, 2.45) is 0 Å². The zero-order valence-electron chi connectivity index (χ0n) is 24.9. The molecule has 7 nitrogen and oxygen atoms in total. The monoisotopic (exact) mass is 643 g/mol. The second kappa shape index (κ2) is 14.6. The van der Waals surface area contributed by atoms with Gasteiger partial charge in [0.1, 0.15) is 12.6 Å². The van der Waals surface area contributed by atoms with Gasteiger partial charge in [0.15, 0.2) is 0 Å². The molecule has 1 atom stereocenters. The van der Waals surface area contributed by atoms with Crippen molar-refractivity contribution in [3.05, 3.63) is 99.0 Å². The molecule has 4 rings (SSSR count). The van der Waals surface area contributed by atoms with Crippen LogP contribution in [0, 0.1) is 13.8 Å². The predicted molar refractivity (Wildman–Crippen MR) is 174 cm³/mol. The van der Waals surface area contributed by atoms with Gasteiger partial charge in [-0.3, -0.25) is 13.9 Å². The highest BCUT2D eigenvalue weighted by molar-refractivity contribution is 7.92. The van der Waals surface area contributed by atoms with E-state index in [0.29, 0.717) is 21.3 Å². The van der Waals surface area contributed by atoms with Crippen LogP contribution in [0.15, 0.2) is 66.7 Å². The third-order valence-electron chi connectivity index (χ3n) is 7.73. The maximum absolute atomic E-state index is 14.3. The minimum absolute atomic E-state index is 0.0317. The Morgan fingerprint density at radius 2 is 1.53 bits per heavy atom. The standard InChI is InChI=1S/C33H39Cl2N3O4S/c1-23-16-24(2)18-28(17-23)38(43(3,41)42)22-32(39)37(21-26-14-15-29(34)30(35)19-26)31(20-25-10-6-4-7-11-25)33(40)36-27-12-8-5-9-13-27/h4,6-7,10-11,14-19,27,31H,5,8-9,12-13,20-22H2,1-3H3,(H,36,40)/t31-/m1/s1. The molecule has 0 unspecified atom stereocenters. The highest BCUT2D eigenvalue weighted by Crippen LogP contribution is 2.26. The number of nitrogens with zero attached hydrogens (tertiary/aromatic N) is 2. The van der Waals surface area contributed by atoms with E-state index in [4.69, 9.17) is 23.2 Å². The van der Waals surface area contributed by atoms with Crippen molar-refractivity contribution in [1.29, 1.82) is 0 Å². The molecule has 0 aromatic heterocycles. The van der Waals surface area contributed by atoms with Crippen LogP contribution in [-0.2, 0) is 32.6 Å². The molecule has 43 heavy (non-hydrogen) atoms. The van der Waals surface area contributed by atoms with Gasteiger partial charge in [-0.25, -0.2) is 8.42 Å². The first-order valence-electron chi connectivity index (χ1n) is 14.5. The van der Waals surface area contributed by atoms with Crippen LogP contribution < -0.4 is 9.62 Å². The lowest BCUT2D eigenvalue weighted by Gasteiger charge is -2.35. The van der Waals surface area contributed by atoms with Gasteiger partial charge in [-0.05, 0) is 73.2 Å². The Morgan fingerprint density at radius 1 is 0.884 bits per heavy atom. The highest BCUT2D eigenvalue weighted by Gasteiger charge is 2.34. The number of hydrogen-bond donors (Lipinski definition) is 1.